The number of alkyl halides is 4. The topological polar surface area (TPSA) is 58.8 Å². The van der Waals surface area contributed by atoms with Gasteiger partial charge in [0.2, 0.25) is 0 Å². The van der Waals surface area contributed by atoms with Crippen molar-refractivity contribution in [2.75, 3.05) is 0 Å². The normalized spacial score (nSPS) is 11.4. The van der Waals surface area contributed by atoms with E-state index >= 15 is 0 Å². The molecule has 1 aromatic carbocycles. The Bertz CT molecular complexity index is 768. The highest BCUT2D eigenvalue weighted by atomic mass is 19.3. The third-order valence-electron chi connectivity index (χ3n) is 2.73. The average Bonchev–Trinajstić information content (AvgIpc) is 2.45. The Hall–Kier alpha value is -2.76. The van der Waals surface area contributed by atoms with E-state index < -0.39 is 35.5 Å². The molecular weight excluding hydrogens is 321 g/mol. The molecule has 23 heavy (non-hydrogen) atoms. The minimum atomic E-state index is -3.40. The summed E-state index contributed by atoms with van der Waals surface area (Å²) in [4.78, 5) is 7.14. The summed E-state index contributed by atoms with van der Waals surface area (Å²) in [6.07, 6.45) is 0.874. The summed E-state index contributed by atoms with van der Waals surface area (Å²) in [5.74, 6) is -4.79. The van der Waals surface area contributed by atoms with Gasteiger partial charge in [0.15, 0.2) is 5.69 Å². The fraction of sp³-hybridized carbons (Fsp3) is 0.214. The summed E-state index contributed by atoms with van der Waals surface area (Å²) in [5, 5.41) is 8.91. The minimum Gasteiger partial charge on any atom is -0.434 e. The Balaban J connectivity index is 2.58. The lowest BCUT2D eigenvalue weighted by molar-refractivity contribution is -0.0496. The van der Waals surface area contributed by atoms with Crippen LogP contribution in [0.15, 0.2) is 24.4 Å². The second-order valence-electron chi connectivity index (χ2n) is 4.47. The molecule has 0 spiro atoms. The lowest BCUT2D eigenvalue weighted by Gasteiger charge is -2.13. The van der Waals surface area contributed by atoms with Gasteiger partial charge in [-0.05, 0) is 12.1 Å². The summed E-state index contributed by atoms with van der Waals surface area (Å²) in [6.45, 7) is -2.68. The Morgan fingerprint density at radius 1 is 1.30 bits per heavy atom. The fourth-order valence-electron chi connectivity index (χ4n) is 1.82. The standard InChI is InChI=1S/C14H8F5N3O/c1-14(18,19)12-9(5-20)22-10(6-21-12)8-3-2-7(15)4-11(8)23-13(16)17/h2-4,6,13H,1H3. The molecule has 120 valence electrons. The van der Waals surface area contributed by atoms with E-state index in [0.29, 0.717) is 13.0 Å². The molecule has 0 N–H and O–H groups in total. The van der Waals surface area contributed by atoms with Crippen LogP contribution in [0.25, 0.3) is 11.3 Å². The lowest BCUT2D eigenvalue weighted by atomic mass is 10.1. The number of halogens is 5. The number of hydrogen-bond donors (Lipinski definition) is 0. The molecule has 0 radical (unpaired) electrons. The minimum absolute atomic E-state index is 0.110. The molecular formula is C14H8F5N3O. The predicted molar refractivity (Wildman–Crippen MR) is 68.3 cm³/mol. The van der Waals surface area contributed by atoms with Crippen molar-refractivity contribution in [1.82, 2.24) is 9.97 Å². The molecule has 0 aliphatic carbocycles. The van der Waals surface area contributed by atoms with Crippen molar-refractivity contribution in [2.24, 2.45) is 0 Å². The fourth-order valence-corrected chi connectivity index (χ4v) is 1.82. The van der Waals surface area contributed by atoms with E-state index in [1.54, 1.807) is 0 Å². The number of ether oxygens (including phenoxy) is 1. The van der Waals surface area contributed by atoms with Crippen LogP contribution in [0.3, 0.4) is 0 Å². The van der Waals surface area contributed by atoms with Crippen molar-refractivity contribution in [1.29, 1.82) is 5.26 Å². The molecule has 0 aliphatic heterocycles. The van der Waals surface area contributed by atoms with Gasteiger partial charge in [-0.3, -0.25) is 0 Å². The van der Waals surface area contributed by atoms with Gasteiger partial charge >= 0.3 is 6.61 Å². The van der Waals surface area contributed by atoms with Crippen LogP contribution in [0.4, 0.5) is 22.0 Å². The Labute approximate surface area is 127 Å². The molecule has 0 saturated heterocycles. The van der Waals surface area contributed by atoms with Gasteiger partial charge in [-0.25, -0.2) is 14.4 Å². The maximum Gasteiger partial charge on any atom is 0.387 e. The van der Waals surface area contributed by atoms with Crippen LogP contribution in [0.2, 0.25) is 0 Å². The molecule has 0 bridgehead atoms. The Morgan fingerprint density at radius 2 is 2.00 bits per heavy atom. The number of nitriles is 1. The van der Waals surface area contributed by atoms with Crippen molar-refractivity contribution in [3.63, 3.8) is 0 Å². The van der Waals surface area contributed by atoms with Crippen LogP contribution in [0.1, 0.15) is 18.3 Å². The van der Waals surface area contributed by atoms with Crippen LogP contribution in [-0.2, 0) is 5.92 Å². The van der Waals surface area contributed by atoms with Crippen LogP contribution in [-0.4, -0.2) is 16.6 Å². The third kappa shape index (κ3) is 3.71. The van der Waals surface area contributed by atoms with Gasteiger partial charge in [0, 0.05) is 18.6 Å². The molecule has 2 rings (SSSR count). The molecule has 4 nitrogen and oxygen atoms in total. The van der Waals surface area contributed by atoms with E-state index in [1.165, 1.54) is 6.07 Å². The van der Waals surface area contributed by atoms with E-state index in [0.717, 1.165) is 18.3 Å². The summed E-state index contributed by atoms with van der Waals surface area (Å²) in [5.41, 5.74) is -1.80. The number of rotatable bonds is 4. The van der Waals surface area contributed by atoms with Gasteiger partial charge < -0.3 is 4.74 Å². The van der Waals surface area contributed by atoms with Crippen molar-refractivity contribution in [2.45, 2.75) is 19.5 Å². The van der Waals surface area contributed by atoms with Crippen LogP contribution >= 0.6 is 0 Å². The summed E-state index contributed by atoms with van der Waals surface area (Å²) in [7, 11) is 0. The molecule has 0 unspecified atom stereocenters. The average molecular weight is 329 g/mol. The molecule has 1 aromatic heterocycles. The number of benzene rings is 1. The van der Waals surface area contributed by atoms with Crippen LogP contribution in [0.5, 0.6) is 5.75 Å². The zero-order valence-electron chi connectivity index (χ0n) is 11.5. The first-order valence-electron chi connectivity index (χ1n) is 6.12. The first kappa shape index (κ1) is 16.6. The number of hydrogen-bond acceptors (Lipinski definition) is 4. The van der Waals surface area contributed by atoms with E-state index in [2.05, 4.69) is 14.7 Å². The molecule has 0 amide bonds. The second kappa shape index (κ2) is 6.16. The molecule has 0 aliphatic rings. The first-order valence-corrected chi connectivity index (χ1v) is 6.12. The van der Waals surface area contributed by atoms with E-state index in [4.69, 9.17) is 5.26 Å². The highest BCUT2D eigenvalue weighted by Gasteiger charge is 2.31. The van der Waals surface area contributed by atoms with Crippen molar-refractivity contribution < 1.29 is 26.7 Å². The van der Waals surface area contributed by atoms with Gasteiger partial charge in [-0.15, -0.1) is 0 Å². The Kier molecular flexibility index (Phi) is 4.45. The van der Waals surface area contributed by atoms with Crippen molar-refractivity contribution in [3.8, 4) is 23.1 Å². The summed E-state index contributed by atoms with van der Waals surface area (Å²) >= 11 is 0. The molecule has 0 saturated carbocycles. The van der Waals surface area contributed by atoms with Gasteiger partial charge in [-0.1, -0.05) is 0 Å². The van der Waals surface area contributed by atoms with E-state index in [9.17, 15) is 22.0 Å². The molecule has 1 heterocycles. The number of nitrogens with zero attached hydrogens (tertiary/aromatic N) is 3. The molecule has 0 atom stereocenters. The van der Waals surface area contributed by atoms with Gasteiger partial charge in [0.25, 0.3) is 5.92 Å². The van der Waals surface area contributed by atoms with Crippen LogP contribution < -0.4 is 4.74 Å². The number of aromatic nitrogens is 2. The van der Waals surface area contributed by atoms with Gasteiger partial charge in [-0.2, -0.15) is 22.8 Å². The quantitative estimate of drug-likeness (QED) is 0.799. The smallest absolute Gasteiger partial charge is 0.387 e. The Morgan fingerprint density at radius 3 is 2.57 bits per heavy atom. The van der Waals surface area contributed by atoms with Gasteiger partial charge in [0.05, 0.1) is 11.9 Å². The predicted octanol–water partition coefficient (Wildman–Crippen LogP) is 3.87. The van der Waals surface area contributed by atoms with Crippen molar-refractivity contribution >= 4 is 0 Å². The maximum atomic E-state index is 13.3. The zero-order valence-corrected chi connectivity index (χ0v) is 11.5. The van der Waals surface area contributed by atoms with E-state index in [-0.39, 0.29) is 11.3 Å². The monoisotopic (exact) mass is 329 g/mol. The largest absolute Gasteiger partial charge is 0.434 e. The van der Waals surface area contributed by atoms with Crippen LogP contribution in [0, 0.1) is 17.1 Å². The highest BCUT2D eigenvalue weighted by Crippen LogP contribution is 2.33. The first-order chi connectivity index (χ1) is 10.7. The SMILES string of the molecule is CC(F)(F)c1ncc(-c2ccc(F)cc2OC(F)F)nc1C#N. The summed E-state index contributed by atoms with van der Waals surface area (Å²) in [6, 6.07) is 4.18. The second-order valence-corrected chi connectivity index (χ2v) is 4.47. The summed E-state index contributed by atoms with van der Waals surface area (Å²) < 4.78 is 68.7. The van der Waals surface area contributed by atoms with E-state index in [1.807, 2.05) is 0 Å². The van der Waals surface area contributed by atoms with Crippen molar-refractivity contribution in [3.05, 3.63) is 41.6 Å². The van der Waals surface area contributed by atoms with Gasteiger partial charge in [0.1, 0.15) is 23.3 Å². The molecule has 0 fully saturated rings. The third-order valence-corrected chi connectivity index (χ3v) is 2.73. The molecule has 2 aromatic rings. The maximum absolute atomic E-state index is 13.3. The highest BCUT2D eigenvalue weighted by molar-refractivity contribution is 5.67. The molecule has 9 heteroatoms. The zero-order chi connectivity index (χ0) is 17.2. The lowest BCUT2D eigenvalue weighted by Crippen LogP contribution is -2.14.